The van der Waals surface area contributed by atoms with Crippen molar-refractivity contribution < 1.29 is 10.2 Å². The summed E-state index contributed by atoms with van der Waals surface area (Å²) in [5.74, 6) is 0.206. The Morgan fingerprint density at radius 3 is 2.19 bits per heavy atom. The Labute approximate surface area is 97.1 Å². The largest absolute Gasteiger partial charge is 0.506 e. The minimum absolute atomic E-state index is 0.0869. The molecule has 0 amide bonds. The van der Waals surface area contributed by atoms with Gasteiger partial charge in [0, 0.05) is 0 Å². The van der Waals surface area contributed by atoms with Crippen molar-refractivity contribution in [3.8, 4) is 5.75 Å². The van der Waals surface area contributed by atoms with E-state index in [1.54, 1.807) is 25.1 Å². The van der Waals surface area contributed by atoms with Gasteiger partial charge >= 0.3 is 0 Å². The van der Waals surface area contributed by atoms with E-state index in [2.05, 4.69) is 26.1 Å². The molecule has 1 aromatic rings. The number of benzene rings is 1. The molecule has 0 aromatic heterocycles. The molecule has 0 aliphatic heterocycles. The van der Waals surface area contributed by atoms with Crippen molar-refractivity contribution in [2.75, 3.05) is 5.32 Å². The molecule has 0 heterocycles. The van der Waals surface area contributed by atoms with E-state index in [1.807, 2.05) is 6.07 Å². The second-order valence-electron chi connectivity index (χ2n) is 5.25. The van der Waals surface area contributed by atoms with Crippen molar-refractivity contribution >= 4 is 5.69 Å². The molecule has 2 atom stereocenters. The number of phenolic OH excluding ortho intramolecular Hbond substituents is 1. The highest BCUT2D eigenvalue weighted by Crippen LogP contribution is 2.29. The molecule has 90 valence electrons. The van der Waals surface area contributed by atoms with E-state index in [4.69, 9.17) is 0 Å². The van der Waals surface area contributed by atoms with Gasteiger partial charge in [-0.15, -0.1) is 0 Å². The quantitative estimate of drug-likeness (QED) is 0.690. The zero-order valence-corrected chi connectivity index (χ0v) is 10.4. The van der Waals surface area contributed by atoms with E-state index < -0.39 is 6.10 Å². The van der Waals surface area contributed by atoms with Crippen molar-refractivity contribution in [1.29, 1.82) is 0 Å². The molecule has 0 saturated heterocycles. The van der Waals surface area contributed by atoms with Gasteiger partial charge in [0.05, 0.1) is 17.8 Å². The van der Waals surface area contributed by atoms with Gasteiger partial charge in [0.2, 0.25) is 0 Å². The van der Waals surface area contributed by atoms with Gasteiger partial charge in [-0.1, -0.05) is 32.9 Å². The van der Waals surface area contributed by atoms with Gasteiger partial charge in [0.1, 0.15) is 5.75 Å². The summed E-state index contributed by atoms with van der Waals surface area (Å²) in [6.07, 6.45) is -0.486. The van der Waals surface area contributed by atoms with Crippen LogP contribution in [0.15, 0.2) is 24.3 Å². The first kappa shape index (κ1) is 12.8. The zero-order valence-electron chi connectivity index (χ0n) is 10.4. The van der Waals surface area contributed by atoms with Gasteiger partial charge in [-0.25, -0.2) is 0 Å². The van der Waals surface area contributed by atoms with Gasteiger partial charge in [-0.2, -0.15) is 0 Å². The van der Waals surface area contributed by atoms with Crippen LogP contribution in [-0.4, -0.2) is 22.4 Å². The molecule has 0 aliphatic rings. The molecule has 3 nitrogen and oxygen atoms in total. The van der Waals surface area contributed by atoms with Gasteiger partial charge in [0.15, 0.2) is 0 Å². The van der Waals surface area contributed by atoms with Crippen LogP contribution in [0.3, 0.4) is 0 Å². The van der Waals surface area contributed by atoms with Crippen LogP contribution in [0.25, 0.3) is 0 Å². The standard InChI is InChI=1S/C13H21NO2/c1-9(15)12(13(2,3)4)14-10-7-5-6-8-11(10)16/h5-9,12,14-16H,1-4H3. The van der Waals surface area contributed by atoms with Crippen LogP contribution >= 0.6 is 0 Å². The van der Waals surface area contributed by atoms with E-state index in [-0.39, 0.29) is 17.2 Å². The number of phenols is 1. The molecule has 2 unspecified atom stereocenters. The summed E-state index contributed by atoms with van der Waals surface area (Å²) in [7, 11) is 0. The van der Waals surface area contributed by atoms with Crippen molar-refractivity contribution in [2.45, 2.75) is 39.8 Å². The molecule has 3 heteroatoms. The van der Waals surface area contributed by atoms with E-state index in [1.165, 1.54) is 0 Å². The molecular formula is C13H21NO2. The highest BCUT2D eigenvalue weighted by Gasteiger charge is 2.29. The molecule has 1 aromatic carbocycles. The Balaban J connectivity index is 2.89. The van der Waals surface area contributed by atoms with E-state index in [0.717, 1.165) is 0 Å². The Bertz CT molecular complexity index is 342. The summed E-state index contributed by atoms with van der Waals surface area (Å²) in [4.78, 5) is 0. The Morgan fingerprint density at radius 1 is 1.19 bits per heavy atom. The van der Waals surface area contributed by atoms with E-state index in [0.29, 0.717) is 5.69 Å². The maximum absolute atomic E-state index is 9.76. The van der Waals surface area contributed by atoms with Gasteiger partial charge in [-0.3, -0.25) is 0 Å². The normalized spacial score (nSPS) is 15.6. The van der Waals surface area contributed by atoms with Crippen molar-refractivity contribution in [2.24, 2.45) is 5.41 Å². The number of aromatic hydroxyl groups is 1. The van der Waals surface area contributed by atoms with Gasteiger partial charge in [-0.05, 0) is 24.5 Å². The average Bonchev–Trinajstić information content (AvgIpc) is 2.14. The lowest BCUT2D eigenvalue weighted by atomic mass is 9.83. The SMILES string of the molecule is CC(O)C(Nc1ccccc1O)C(C)(C)C. The van der Waals surface area contributed by atoms with E-state index >= 15 is 0 Å². The third kappa shape index (κ3) is 3.14. The van der Waals surface area contributed by atoms with Crippen LogP contribution in [0, 0.1) is 5.41 Å². The number of rotatable bonds is 3. The summed E-state index contributed by atoms with van der Waals surface area (Å²) < 4.78 is 0. The van der Waals surface area contributed by atoms with Gasteiger partial charge < -0.3 is 15.5 Å². The first-order valence-electron chi connectivity index (χ1n) is 5.55. The van der Waals surface area contributed by atoms with Crippen molar-refractivity contribution in [3.63, 3.8) is 0 Å². The molecule has 0 saturated carbocycles. The van der Waals surface area contributed by atoms with Crippen LogP contribution in [0.5, 0.6) is 5.75 Å². The van der Waals surface area contributed by atoms with Crippen molar-refractivity contribution in [1.82, 2.24) is 0 Å². The second-order valence-corrected chi connectivity index (χ2v) is 5.25. The fourth-order valence-electron chi connectivity index (χ4n) is 1.82. The number of hydrogen-bond acceptors (Lipinski definition) is 3. The van der Waals surface area contributed by atoms with Crippen LogP contribution in [-0.2, 0) is 0 Å². The second kappa shape index (κ2) is 4.74. The first-order valence-corrected chi connectivity index (χ1v) is 5.55. The molecule has 0 bridgehead atoms. The lowest BCUT2D eigenvalue weighted by molar-refractivity contribution is 0.118. The highest BCUT2D eigenvalue weighted by molar-refractivity contribution is 5.56. The van der Waals surface area contributed by atoms with Gasteiger partial charge in [0.25, 0.3) is 0 Å². The summed E-state index contributed by atoms with van der Waals surface area (Å²) >= 11 is 0. The summed E-state index contributed by atoms with van der Waals surface area (Å²) in [6, 6.07) is 6.94. The molecule has 0 spiro atoms. The number of anilines is 1. The third-order valence-corrected chi connectivity index (χ3v) is 2.63. The van der Waals surface area contributed by atoms with Crippen molar-refractivity contribution in [3.05, 3.63) is 24.3 Å². The lowest BCUT2D eigenvalue weighted by Gasteiger charge is -2.34. The smallest absolute Gasteiger partial charge is 0.138 e. The number of aliphatic hydroxyl groups is 1. The number of nitrogens with one attached hydrogen (secondary N) is 1. The van der Waals surface area contributed by atoms with Crippen LogP contribution in [0.4, 0.5) is 5.69 Å². The van der Waals surface area contributed by atoms with E-state index in [9.17, 15) is 10.2 Å². The monoisotopic (exact) mass is 223 g/mol. The fraction of sp³-hybridized carbons (Fsp3) is 0.538. The molecule has 0 aliphatic carbocycles. The predicted molar refractivity (Wildman–Crippen MR) is 66.7 cm³/mol. The summed E-state index contributed by atoms with van der Waals surface area (Å²) in [5, 5.41) is 22.6. The molecule has 3 N–H and O–H groups in total. The zero-order chi connectivity index (χ0) is 12.3. The number of hydrogen-bond donors (Lipinski definition) is 3. The number of aliphatic hydroxyl groups excluding tert-OH is 1. The molecule has 0 fully saturated rings. The number of para-hydroxylation sites is 2. The molecule has 0 radical (unpaired) electrons. The van der Waals surface area contributed by atoms with Crippen LogP contribution < -0.4 is 5.32 Å². The maximum Gasteiger partial charge on any atom is 0.138 e. The third-order valence-electron chi connectivity index (χ3n) is 2.63. The Hall–Kier alpha value is -1.22. The topological polar surface area (TPSA) is 52.5 Å². The average molecular weight is 223 g/mol. The maximum atomic E-state index is 9.76. The molecular weight excluding hydrogens is 202 g/mol. The predicted octanol–water partition coefficient (Wildman–Crippen LogP) is 2.60. The summed E-state index contributed by atoms with van der Waals surface area (Å²) in [6.45, 7) is 7.91. The summed E-state index contributed by atoms with van der Waals surface area (Å²) in [5.41, 5.74) is 0.569. The van der Waals surface area contributed by atoms with Crippen LogP contribution in [0.2, 0.25) is 0 Å². The Morgan fingerprint density at radius 2 is 1.75 bits per heavy atom. The minimum atomic E-state index is -0.486. The highest BCUT2D eigenvalue weighted by atomic mass is 16.3. The first-order chi connectivity index (χ1) is 7.32. The molecule has 1 rings (SSSR count). The molecule has 16 heavy (non-hydrogen) atoms. The fourth-order valence-corrected chi connectivity index (χ4v) is 1.82. The Kier molecular flexibility index (Phi) is 3.81. The van der Waals surface area contributed by atoms with Crippen LogP contribution in [0.1, 0.15) is 27.7 Å². The lowest BCUT2D eigenvalue weighted by Crippen LogP contribution is -2.42. The minimum Gasteiger partial charge on any atom is -0.506 e.